The molecule has 0 bridgehead atoms. The van der Waals surface area contributed by atoms with E-state index in [4.69, 9.17) is 10.5 Å². The first-order valence-electron chi connectivity index (χ1n) is 9.21. The number of aryl methyl sites for hydroxylation is 1. The Hall–Kier alpha value is -3.65. The molecule has 4 rings (SSSR count). The van der Waals surface area contributed by atoms with Gasteiger partial charge in [0.15, 0.2) is 11.6 Å². The molecule has 148 valence electrons. The van der Waals surface area contributed by atoms with Crippen LogP contribution in [0.3, 0.4) is 0 Å². The number of hydrogen-bond donors (Lipinski definition) is 3. The third kappa shape index (κ3) is 3.45. The zero-order valence-corrected chi connectivity index (χ0v) is 16.1. The fourth-order valence-electron chi connectivity index (χ4n) is 3.23. The molecule has 0 aliphatic rings. The normalized spacial score (nSPS) is 11.2. The molecule has 8 nitrogen and oxygen atoms in total. The van der Waals surface area contributed by atoms with Crippen molar-refractivity contribution in [2.75, 3.05) is 6.61 Å². The van der Waals surface area contributed by atoms with E-state index in [1.165, 1.54) is 0 Å². The van der Waals surface area contributed by atoms with Crippen molar-refractivity contribution in [3.05, 3.63) is 53.6 Å². The topological polar surface area (TPSA) is 119 Å². The molecule has 0 unspecified atom stereocenters. The molecular formula is C21H21N5O3. The Kier molecular flexibility index (Phi) is 4.77. The maximum Gasteiger partial charge on any atom is 0.248 e. The lowest BCUT2D eigenvalue weighted by atomic mass is 10.1. The van der Waals surface area contributed by atoms with Crippen molar-refractivity contribution in [1.29, 1.82) is 0 Å². The molecule has 29 heavy (non-hydrogen) atoms. The number of aromatic amines is 1. The Morgan fingerprint density at radius 2 is 2.00 bits per heavy atom. The average molecular weight is 391 g/mol. The van der Waals surface area contributed by atoms with Gasteiger partial charge >= 0.3 is 0 Å². The molecule has 0 aliphatic carbocycles. The second-order valence-electron chi connectivity index (χ2n) is 6.69. The lowest BCUT2D eigenvalue weighted by Crippen LogP contribution is -2.10. The number of carbonyl (C=O) groups excluding carboxylic acids is 1. The van der Waals surface area contributed by atoms with Gasteiger partial charge in [0.05, 0.1) is 17.6 Å². The number of imidazole rings is 1. The van der Waals surface area contributed by atoms with E-state index in [9.17, 15) is 9.90 Å². The zero-order chi connectivity index (χ0) is 20.5. The molecule has 8 heteroatoms. The quantitative estimate of drug-likeness (QED) is 0.467. The summed E-state index contributed by atoms with van der Waals surface area (Å²) in [5, 5.41) is 15.3. The molecule has 0 saturated carbocycles. The van der Waals surface area contributed by atoms with Crippen LogP contribution in [0.2, 0.25) is 0 Å². The van der Waals surface area contributed by atoms with Crippen LogP contribution in [-0.4, -0.2) is 37.4 Å². The van der Waals surface area contributed by atoms with Crippen LogP contribution in [0.15, 0.2) is 42.5 Å². The third-order valence-electron chi connectivity index (χ3n) is 4.71. The van der Waals surface area contributed by atoms with Crippen molar-refractivity contribution in [2.24, 2.45) is 12.8 Å². The van der Waals surface area contributed by atoms with Gasteiger partial charge in [0.1, 0.15) is 11.4 Å². The molecule has 4 N–H and O–H groups in total. The number of carbonyl (C=O) groups is 1. The van der Waals surface area contributed by atoms with E-state index in [2.05, 4.69) is 15.1 Å². The molecule has 0 aliphatic heterocycles. The average Bonchev–Trinajstić information content (AvgIpc) is 3.25. The standard InChI is InChI=1S/C21H21N5O3/c1-3-29-11-12-4-6-13(7-5-12)17-19(27)18(26(2)25-17)21-23-15-9-8-14(20(22)28)10-16(15)24-21/h4-10,27H,3,11H2,1-2H3,(H2,22,28)(H,23,24). The van der Waals surface area contributed by atoms with Crippen molar-refractivity contribution in [2.45, 2.75) is 13.5 Å². The van der Waals surface area contributed by atoms with Crippen molar-refractivity contribution < 1.29 is 14.6 Å². The summed E-state index contributed by atoms with van der Waals surface area (Å²) in [7, 11) is 1.74. The van der Waals surface area contributed by atoms with Gasteiger partial charge in [-0.05, 0) is 30.7 Å². The van der Waals surface area contributed by atoms with Crippen LogP contribution < -0.4 is 5.73 Å². The highest BCUT2D eigenvalue weighted by atomic mass is 16.5. The number of benzene rings is 2. The van der Waals surface area contributed by atoms with Crippen molar-refractivity contribution in [3.63, 3.8) is 0 Å². The molecule has 0 fully saturated rings. The van der Waals surface area contributed by atoms with Gasteiger partial charge in [-0.15, -0.1) is 0 Å². The van der Waals surface area contributed by atoms with Gasteiger partial charge in [0.25, 0.3) is 0 Å². The number of H-pyrrole nitrogens is 1. The van der Waals surface area contributed by atoms with Gasteiger partial charge < -0.3 is 20.6 Å². The predicted octanol–water partition coefficient (Wildman–Crippen LogP) is 2.97. The number of rotatable bonds is 6. The zero-order valence-electron chi connectivity index (χ0n) is 16.1. The molecule has 0 atom stereocenters. The van der Waals surface area contributed by atoms with Gasteiger partial charge in [-0.25, -0.2) is 4.98 Å². The van der Waals surface area contributed by atoms with Crippen LogP contribution in [0, 0.1) is 0 Å². The smallest absolute Gasteiger partial charge is 0.248 e. The molecule has 2 heterocycles. The summed E-state index contributed by atoms with van der Waals surface area (Å²) in [6.07, 6.45) is 0. The summed E-state index contributed by atoms with van der Waals surface area (Å²) in [6, 6.07) is 12.7. The van der Waals surface area contributed by atoms with Crippen LogP contribution in [0.4, 0.5) is 0 Å². The van der Waals surface area contributed by atoms with E-state index in [0.717, 1.165) is 11.1 Å². The van der Waals surface area contributed by atoms with E-state index in [1.54, 1.807) is 29.9 Å². The summed E-state index contributed by atoms with van der Waals surface area (Å²) < 4.78 is 6.99. The van der Waals surface area contributed by atoms with Crippen molar-refractivity contribution in [1.82, 2.24) is 19.7 Å². The second-order valence-corrected chi connectivity index (χ2v) is 6.69. The number of fused-ring (bicyclic) bond motifs is 1. The number of ether oxygens (including phenoxy) is 1. The fraction of sp³-hybridized carbons (Fsp3) is 0.190. The van der Waals surface area contributed by atoms with Gasteiger partial charge in [-0.2, -0.15) is 5.10 Å². The number of nitrogens with two attached hydrogens (primary N) is 1. The van der Waals surface area contributed by atoms with E-state index >= 15 is 0 Å². The second kappa shape index (κ2) is 7.40. The molecule has 2 aromatic carbocycles. The molecule has 0 radical (unpaired) electrons. The highest BCUT2D eigenvalue weighted by Crippen LogP contribution is 2.37. The van der Waals surface area contributed by atoms with Crippen LogP contribution in [0.5, 0.6) is 5.75 Å². The van der Waals surface area contributed by atoms with E-state index in [1.807, 2.05) is 31.2 Å². The van der Waals surface area contributed by atoms with E-state index in [-0.39, 0.29) is 5.75 Å². The third-order valence-corrected chi connectivity index (χ3v) is 4.71. The minimum absolute atomic E-state index is 0.0271. The first kappa shape index (κ1) is 18.7. The highest BCUT2D eigenvalue weighted by Gasteiger charge is 2.21. The van der Waals surface area contributed by atoms with E-state index in [0.29, 0.717) is 47.0 Å². The molecular weight excluding hydrogens is 370 g/mol. The minimum atomic E-state index is -0.512. The number of amides is 1. The molecule has 2 aromatic heterocycles. The first-order chi connectivity index (χ1) is 14.0. The number of aromatic nitrogens is 4. The number of aromatic hydroxyl groups is 1. The maximum absolute atomic E-state index is 11.4. The SMILES string of the molecule is CCOCc1ccc(-c2nn(C)c(-c3nc4ccc(C(N)=O)cc4[nH]3)c2O)cc1. The maximum atomic E-state index is 11.4. The molecule has 0 spiro atoms. The first-order valence-corrected chi connectivity index (χ1v) is 9.21. The van der Waals surface area contributed by atoms with Gasteiger partial charge in [0, 0.05) is 24.8 Å². The summed E-state index contributed by atoms with van der Waals surface area (Å²) in [4.78, 5) is 19.0. The lowest BCUT2D eigenvalue weighted by molar-refractivity contribution is 0.100. The number of hydrogen-bond acceptors (Lipinski definition) is 5. The Balaban J connectivity index is 1.72. The molecule has 0 saturated heterocycles. The van der Waals surface area contributed by atoms with E-state index < -0.39 is 5.91 Å². The van der Waals surface area contributed by atoms with Crippen LogP contribution in [0.1, 0.15) is 22.8 Å². The van der Waals surface area contributed by atoms with Gasteiger partial charge in [-0.1, -0.05) is 24.3 Å². The Morgan fingerprint density at radius 3 is 2.69 bits per heavy atom. The summed E-state index contributed by atoms with van der Waals surface area (Å²) in [6.45, 7) is 3.15. The summed E-state index contributed by atoms with van der Waals surface area (Å²) in [5.41, 5.74) is 9.79. The Morgan fingerprint density at radius 1 is 1.24 bits per heavy atom. The number of nitrogens with zero attached hydrogens (tertiary/aromatic N) is 3. The molecule has 4 aromatic rings. The Bertz CT molecular complexity index is 1190. The largest absolute Gasteiger partial charge is 0.504 e. The summed E-state index contributed by atoms with van der Waals surface area (Å²) >= 11 is 0. The van der Waals surface area contributed by atoms with Crippen molar-refractivity contribution >= 4 is 16.9 Å². The predicted molar refractivity (Wildman–Crippen MR) is 109 cm³/mol. The van der Waals surface area contributed by atoms with Crippen LogP contribution in [-0.2, 0) is 18.4 Å². The van der Waals surface area contributed by atoms with Crippen LogP contribution in [0.25, 0.3) is 33.8 Å². The minimum Gasteiger partial charge on any atom is -0.504 e. The highest BCUT2D eigenvalue weighted by molar-refractivity contribution is 5.96. The van der Waals surface area contributed by atoms with Crippen molar-refractivity contribution in [3.8, 4) is 28.5 Å². The fourth-order valence-corrected chi connectivity index (χ4v) is 3.23. The number of primary amides is 1. The number of nitrogens with one attached hydrogen (secondary N) is 1. The molecule has 1 amide bonds. The lowest BCUT2D eigenvalue weighted by Gasteiger charge is -2.03. The Labute approximate surface area is 166 Å². The van der Waals surface area contributed by atoms with Gasteiger partial charge in [-0.3, -0.25) is 9.48 Å². The monoisotopic (exact) mass is 391 g/mol. The summed E-state index contributed by atoms with van der Waals surface area (Å²) in [5.74, 6) is -0.0333. The van der Waals surface area contributed by atoms with Gasteiger partial charge in [0.2, 0.25) is 5.91 Å². The van der Waals surface area contributed by atoms with Crippen LogP contribution >= 0.6 is 0 Å².